The van der Waals surface area contributed by atoms with Crippen molar-refractivity contribution in [1.82, 2.24) is 15.4 Å². The van der Waals surface area contributed by atoms with Gasteiger partial charge in [-0.25, -0.2) is 13.1 Å². The number of nitrogens with one attached hydrogen (secondary N) is 3. The molecule has 6 nitrogen and oxygen atoms in total. The molecule has 0 fully saturated rings. The molecule has 0 amide bonds. The average Bonchev–Trinajstić information content (AvgIpc) is 2.77. The van der Waals surface area contributed by atoms with E-state index in [0.29, 0.717) is 6.54 Å². The lowest BCUT2D eigenvalue weighted by Gasteiger charge is -2.33. The summed E-state index contributed by atoms with van der Waals surface area (Å²) < 4.78 is 26.0. The second kappa shape index (κ2) is 10.4. The molecule has 0 radical (unpaired) electrons. The second-order valence-corrected chi connectivity index (χ2v) is 8.87. The van der Waals surface area contributed by atoms with E-state index in [1.807, 2.05) is 6.07 Å². The molecule has 0 saturated carbocycles. The molecule has 0 unspecified atom stereocenters. The smallest absolute Gasteiger partial charge is 0.240 e. The molecule has 0 bridgehead atoms. The first-order valence-electron chi connectivity index (χ1n) is 9.93. The molecule has 0 heterocycles. The summed E-state index contributed by atoms with van der Waals surface area (Å²) in [6.45, 7) is 5.77. The lowest BCUT2D eigenvalue weighted by atomic mass is 9.76. The van der Waals surface area contributed by atoms with Gasteiger partial charge in [0.2, 0.25) is 10.0 Å². The van der Waals surface area contributed by atoms with Crippen molar-refractivity contribution in [3.05, 3.63) is 65.7 Å². The van der Waals surface area contributed by atoms with Gasteiger partial charge in [-0.2, -0.15) is 0 Å². The van der Waals surface area contributed by atoms with Crippen LogP contribution in [0.4, 0.5) is 0 Å². The van der Waals surface area contributed by atoms with E-state index in [1.165, 1.54) is 12.6 Å². The number of sulfonamides is 1. The summed E-state index contributed by atoms with van der Waals surface area (Å²) in [6.07, 6.45) is 2.05. The van der Waals surface area contributed by atoms with Gasteiger partial charge in [-0.05, 0) is 43.1 Å². The SMILES string of the molecule is CCC(CC)(CNC(=NC)NCc1ccc(S(=O)(=O)NC)cc1)c1ccccc1. The van der Waals surface area contributed by atoms with E-state index in [9.17, 15) is 8.42 Å². The molecule has 158 valence electrons. The van der Waals surface area contributed by atoms with E-state index >= 15 is 0 Å². The third-order valence-corrected chi connectivity index (χ3v) is 6.95. The lowest BCUT2D eigenvalue weighted by molar-refractivity contribution is 0.389. The number of rotatable bonds is 9. The lowest BCUT2D eigenvalue weighted by Crippen LogP contribution is -2.45. The molecule has 3 N–H and O–H groups in total. The minimum Gasteiger partial charge on any atom is -0.356 e. The summed E-state index contributed by atoms with van der Waals surface area (Å²) in [5.41, 5.74) is 2.35. The third-order valence-electron chi connectivity index (χ3n) is 5.52. The Balaban J connectivity index is 2.00. The van der Waals surface area contributed by atoms with Crippen LogP contribution >= 0.6 is 0 Å². The van der Waals surface area contributed by atoms with Crippen molar-refractivity contribution in [2.45, 2.75) is 43.5 Å². The van der Waals surface area contributed by atoms with Crippen LogP contribution in [0, 0.1) is 0 Å². The van der Waals surface area contributed by atoms with E-state index < -0.39 is 10.0 Å². The molecule has 29 heavy (non-hydrogen) atoms. The molecular formula is C22H32N4O2S. The van der Waals surface area contributed by atoms with Gasteiger partial charge in [0.05, 0.1) is 4.90 Å². The van der Waals surface area contributed by atoms with E-state index in [1.54, 1.807) is 31.3 Å². The molecule has 0 spiro atoms. The predicted molar refractivity (Wildman–Crippen MR) is 120 cm³/mol. The Bertz CT molecular complexity index is 890. The van der Waals surface area contributed by atoms with E-state index in [-0.39, 0.29) is 10.3 Å². The third kappa shape index (κ3) is 5.81. The van der Waals surface area contributed by atoms with Gasteiger partial charge < -0.3 is 10.6 Å². The molecule has 0 saturated heterocycles. The van der Waals surface area contributed by atoms with Crippen LogP contribution in [0.15, 0.2) is 64.5 Å². The number of hydrogen-bond acceptors (Lipinski definition) is 3. The topological polar surface area (TPSA) is 82.6 Å². The fourth-order valence-corrected chi connectivity index (χ4v) is 4.10. The van der Waals surface area contributed by atoms with Crippen molar-refractivity contribution in [3.63, 3.8) is 0 Å². The number of hydrogen-bond donors (Lipinski definition) is 3. The largest absolute Gasteiger partial charge is 0.356 e. The Labute approximate surface area is 174 Å². The first kappa shape index (κ1) is 22.9. The van der Waals surface area contributed by atoms with Crippen LogP contribution < -0.4 is 15.4 Å². The Hall–Kier alpha value is -2.38. The maximum atomic E-state index is 11.8. The van der Waals surface area contributed by atoms with Crippen molar-refractivity contribution in [2.24, 2.45) is 4.99 Å². The highest BCUT2D eigenvalue weighted by Crippen LogP contribution is 2.30. The van der Waals surface area contributed by atoms with E-state index in [2.05, 4.69) is 58.5 Å². The zero-order chi connectivity index (χ0) is 21.3. The molecule has 0 aliphatic carbocycles. The number of guanidine groups is 1. The fraction of sp³-hybridized carbons (Fsp3) is 0.409. The predicted octanol–water partition coefficient (Wildman–Crippen LogP) is 3.02. The number of aliphatic imine (C=N–C) groups is 1. The minimum atomic E-state index is -3.41. The first-order chi connectivity index (χ1) is 13.9. The van der Waals surface area contributed by atoms with Gasteiger partial charge in [0.1, 0.15) is 0 Å². The van der Waals surface area contributed by atoms with Gasteiger partial charge in [0, 0.05) is 25.6 Å². The molecule has 0 aliphatic heterocycles. The van der Waals surface area contributed by atoms with Gasteiger partial charge in [-0.1, -0.05) is 56.3 Å². The molecular weight excluding hydrogens is 384 g/mol. The molecule has 2 rings (SSSR count). The summed E-state index contributed by atoms with van der Waals surface area (Å²) in [7, 11) is -0.259. The van der Waals surface area contributed by atoms with Gasteiger partial charge in [-0.3, -0.25) is 4.99 Å². The van der Waals surface area contributed by atoms with Gasteiger partial charge >= 0.3 is 0 Å². The zero-order valence-corrected chi connectivity index (χ0v) is 18.5. The molecule has 0 aliphatic rings. The molecule has 2 aromatic carbocycles. The standard InChI is InChI=1S/C22H32N4O2S/c1-5-22(6-2,19-10-8-7-9-11-19)17-26-21(23-3)25-16-18-12-14-20(15-13-18)29(27,28)24-4/h7-15,24H,5-6,16-17H2,1-4H3,(H2,23,25,26). The molecule has 0 aromatic heterocycles. The van der Waals surface area contributed by atoms with Crippen molar-refractivity contribution in [1.29, 1.82) is 0 Å². The van der Waals surface area contributed by atoms with Gasteiger partial charge in [-0.15, -0.1) is 0 Å². The van der Waals surface area contributed by atoms with Crippen molar-refractivity contribution < 1.29 is 8.42 Å². The Morgan fingerprint density at radius 1 is 0.966 bits per heavy atom. The van der Waals surface area contributed by atoms with Gasteiger partial charge in [0.15, 0.2) is 5.96 Å². The van der Waals surface area contributed by atoms with Crippen LogP contribution in [0.5, 0.6) is 0 Å². The normalized spacial score (nSPS) is 12.6. The van der Waals surface area contributed by atoms with Crippen LogP contribution in [0.2, 0.25) is 0 Å². The zero-order valence-electron chi connectivity index (χ0n) is 17.7. The van der Waals surface area contributed by atoms with Crippen molar-refractivity contribution in [3.8, 4) is 0 Å². The highest BCUT2D eigenvalue weighted by Gasteiger charge is 2.28. The Morgan fingerprint density at radius 3 is 2.10 bits per heavy atom. The fourth-order valence-electron chi connectivity index (χ4n) is 3.37. The summed E-state index contributed by atoms with van der Waals surface area (Å²) in [5.74, 6) is 0.721. The monoisotopic (exact) mass is 416 g/mol. The summed E-state index contributed by atoms with van der Waals surface area (Å²) in [5, 5.41) is 6.76. The summed E-state index contributed by atoms with van der Waals surface area (Å²) in [6, 6.07) is 17.4. The summed E-state index contributed by atoms with van der Waals surface area (Å²) in [4.78, 5) is 4.58. The maximum Gasteiger partial charge on any atom is 0.240 e. The van der Waals surface area contributed by atoms with Crippen LogP contribution in [0.3, 0.4) is 0 Å². The van der Waals surface area contributed by atoms with E-state index in [0.717, 1.165) is 30.9 Å². The van der Waals surface area contributed by atoms with Crippen LogP contribution in [0.1, 0.15) is 37.8 Å². The van der Waals surface area contributed by atoms with Crippen molar-refractivity contribution in [2.75, 3.05) is 20.6 Å². The molecule has 2 aromatic rings. The van der Waals surface area contributed by atoms with E-state index in [4.69, 9.17) is 0 Å². The number of nitrogens with zero attached hydrogens (tertiary/aromatic N) is 1. The van der Waals surface area contributed by atoms with Crippen molar-refractivity contribution >= 4 is 16.0 Å². The average molecular weight is 417 g/mol. The minimum absolute atomic E-state index is 0.0437. The van der Waals surface area contributed by atoms with Crippen LogP contribution in [0.25, 0.3) is 0 Å². The quantitative estimate of drug-likeness (QED) is 0.433. The number of benzene rings is 2. The Kier molecular flexibility index (Phi) is 8.22. The highest BCUT2D eigenvalue weighted by atomic mass is 32.2. The second-order valence-electron chi connectivity index (χ2n) is 6.98. The highest BCUT2D eigenvalue weighted by molar-refractivity contribution is 7.89. The van der Waals surface area contributed by atoms with Crippen LogP contribution in [-0.2, 0) is 22.0 Å². The Morgan fingerprint density at radius 2 is 1.59 bits per heavy atom. The summed E-state index contributed by atoms with van der Waals surface area (Å²) >= 11 is 0. The first-order valence-corrected chi connectivity index (χ1v) is 11.4. The van der Waals surface area contributed by atoms with Crippen LogP contribution in [-0.4, -0.2) is 35.0 Å². The maximum absolute atomic E-state index is 11.8. The van der Waals surface area contributed by atoms with Gasteiger partial charge in [0.25, 0.3) is 0 Å². The molecule has 7 heteroatoms. The molecule has 0 atom stereocenters.